The van der Waals surface area contributed by atoms with Crippen molar-refractivity contribution < 1.29 is 0 Å². The quantitative estimate of drug-likeness (QED) is 0.725. The van der Waals surface area contributed by atoms with E-state index in [-0.39, 0.29) is 0 Å². The van der Waals surface area contributed by atoms with Gasteiger partial charge in [-0.15, -0.1) is 11.3 Å². The number of aromatic nitrogens is 3. The van der Waals surface area contributed by atoms with E-state index in [2.05, 4.69) is 32.2 Å². The molecule has 3 nitrogen and oxygen atoms in total. The van der Waals surface area contributed by atoms with Crippen molar-refractivity contribution in [2.24, 2.45) is 0 Å². The summed E-state index contributed by atoms with van der Waals surface area (Å²) >= 11 is 1.95. The Morgan fingerprint density at radius 2 is 2.14 bits per heavy atom. The Kier molecular flexibility index (Phi) is 3.77. The van der Waals surface area contributed by atoms with E-state index in [1.165, 1.54) is 25.7 Å². The minimum absolute atomic E-state index is 0.980. The molecule has 0 saturated heterocycles. The predicted molar refractivity (Wildman–Crippen MR) is 90.1 cm³/mol. The molecule has 4 heteroatoms. The molecule has 1 aliphatic carbocycles. The highest BCUT2D eigenvalue weighted by molar-refractivity contribution is 7.10. The molecule has 3 heterocycles. The van der Waals surface area contributed by atoms with Crippen LogP contribution in [0.3, 0.4) is 0 Å². The van der Waals surface area contributed by atoms with Crippen LogP contribution in [-0.4, -0.2) is 14.5 Å². The van der Waals surface area contributed by atoms with Crippen LogP contribution in [0.5, 0.6) is 0 Å². The summed E-state index contributed by atoms with van der Waals surface area (Å²) in [6.45, 7) is 0.980. The second-order valence-electron chi connectivity index (χ2n) is 5.81. The van der Waals surface area contributed by atoms with Crippen LogP contribution >= 0.6 is 11.3 Å². The van der Waals surface area contributed by atoms with Gasteiger partial charge < -0.3 is 4.57 Å². The lowest BCUT2D eigenvalue weighted by Crippen LogP contribution is -2.06. The number of nitrogens with zero attached hydrogens (tertiary/aromatic N) is 3. The first-order chi connectivity index (χ1) is 10.9. The van der Waals surface area contributed by atoms with Crippen LogP contribution < -0.4 is 0 Å². The van der Waals surface area contributed by atoms with Crippen LogP contribution in [0.1, 0.15) is 28.8 Å². The van der Waals surface area contributed by atoms with Gasteiger partial charge in [0.1, 0.15) is 5.82 Å². The standard InChI is InChI=1S/C18H19N3S/c1-2-6-17-16(5-1)15(13-22-17)7-10-21-11-9-20-18(21)14-4-3-8-19-12-14/h3-4,8-9,11-13H,1-2,5-7,10H2. The zero-order valence-corrected chi connectivity index (χ0v) is 13.4. The predicted octanol–water partition coefficient (Wildman–Crippen LogP) is 4.13. The number of pyridine rings is 1. The molecular weight excluding hydrogens is 290 g/mol. The van der Waals surface area contributed by atoms with Crippen molar-refractivity contribution in [3.05, 3.63) is 58.3 Å². The molecule has 0 atom stereocenters. The first-order valence-electron chi connectivity index (χ1n) is 7.91. The van der Waals surface area contributed by atoms with Crippen molar-refractivity contribution in [2.45, 2.75) is 38.6 Å². The molecule has 0 N–H and O–H groups in total. The van der Waals surface area contributed by atoms with E-state index in [4.69, 9.17) is 0 Å². The highest BCUT2D eigenvalue weighted by Gasteiger charge is 2.15. The zero-order chi connectivity index (χ0) is 14.8. The monoisotopic (exact) mass is 309 g/mol. The number of rotatable bonds is 4. The van der Waals surface area contributed by atoms with Crippen molar-refractivity contribution >= 4 is 11.3 Å². The number of aryl methyl sites for hydroxylation is 3. The van der Waals surface area contributed by atoms with Gasteiger partial charge >= 0.3 is 0 Å². The molecule has 0 fully saturated rings. The minimum Gasteiger partial charge on any atom is -0.331 e. The number of hydrogen-bond acceptors (Lipinski definition) is 3. The summed E-state index contributed by atoms with van der Waals surface area (Å²) in [4.78, 5) is 10.3. The maximum absolute atomic E-state index is 4.50. The summed E-state index contributed by atoms with van der Waals surface area (Å²) < 4.78 is 2.24. The van der Waals surface area contributed by atoms with E-state index in [0.29, 0.717) is 0 Å². The minimum atomic E-state index is 0.980. The third kappa shape index (κ3) is 2.59. The van der Waals surface area contributed by atoms with E-state index in [1.54, 1.807) is 22.2 Å². The SMILES string of the molecule is c1cncc(-c2nccn2CCc2csc3c2CCCC3)c1. The Labute approximate surface area is 134 Å². The van der Waals surface area contributed by atoms with Crippen LogP contribution in [0.2, 0.25) is 0 Å². The van der Waals surface area contributed by atoms with Gasteiger partial charge in [-0.1, -0.05) is 0 Å². The highest BCUT2D eigenvalue weighted by atomic mass is 32.1. The van der Waals surface area contributed by atoms with Gasteiger partial charge in [-0.25, -0.2) is 4.98 Å². The molecule has 0 aromatic carbocycles. The third-order valence-corrected chi connectivity index (χ3v) is 5.54. The Morgan fingerprint density at radius 3 is 3.05 bits per heavy atom. The largest absolute Gasteiger partial charge is 0.331 e. The van der Waals surface area contributed by atoms with E-state index < -0.39 is 0 Å². The lowest BCUT2D eigenvalue weighted by atomic mass is 9.95. The summed E-state index contributed by atoms with van der Waals surface area (Å²) in [6.07, 6.45) is 14.0. The molecule has 0 bridgehead atoms. The fourth-order valence-electron chi connectivity index (χ4n) is 3.26. The Bertz CT molecular complexity index is 758. The van der Waals surface area contributed by atoms with Crippen molar-refractivity contribution in [2.75, 3.05) is 0 Å². The molecule has 22 heavy (non-hydrogen) atoms. The summed E-state index contributed by atoms with van der Waals surface area (Å²) in [7, 11) is 0. The maximum atomic E-state index is 4.50. The summed E-state index contributed by atoms with van der Waals surface area (Å²) in [5.74, 6) is 1.01. The average Bonchev–Trinajstić information content (AvgIpc) is 3.20. The number of thiophene rings is 1. The molecule has 1 aliphatic rings. The lowest BCUT2D eigenvalue weighted by molar-refractivity contribution is 0.669. The van der Waals surface area contributed by atoms with Crippen molar-refractivity contribution in [1.82, 2.24) is 14.5 Å². The molecule has 0 unspecified atom stereocenters. The summed E-state index contributed by atoms with van der Waals surface area (Å²) in [5.41, 5.74) is 4.27. The van der Waals surface area contributed by atoms with Gasteiger partial charge in [0.2, 0.25) is 0 Å². The Balaban J connectivity index is 1.53. The second-order valence-corrected chi connectivity index (χ2v) is 6.77. The smallest absolute Gasteiger partial charge is 0.141 e. The number of imidazole rings is 1. The van der Waals surface area contributed by atoms with Crippen molar-refractivity contribution in [3.8, 4) is 11.4 Å². The Morgan fingerprint density at radius 1 is 1.18 bits per heavy atom. The first-order valence-corrected chi connectivity index (χ1v) is 8.79. The molecule has 0 radical (unpaired) electrons. The third-order valence-electron chi connectivity index (χ3n) is 4.41. The molecule has 112 valence electrons. The van der Waals surface area contributed by atoms with Crippen molar-refractivity contribution in [3.63, 3.8) is 0 Å². The molecule has 4 rings (SSSR count). The van der Waals surface area contributed by atoms with Crippen LogP contribution in [0, 0.1) is 0 Å². The fraction of sp³-hybridized carbons (Fsp3) is 0.333. The van der Waals surface area contributed by atoms with Gasteiger partial charge in [0.05, 0.1) is 0 Å². The van der Waals surface area contributed by atoms with Gasteiger partial charge in [0.25, 0.3) is 0 Å². The molecule has 0 aliphatic heterocycles. The molecule has 0 spiro atoms. The molecule has 0 saturated carbocycles. The first kappa shape index (κ1) is 13.7. The normalized spacial score (nSPS) is 14.0. The van der Waals surface area contributed by atoms with Gasteiger partial charge in [-0.05, 0) is 60.7 Å². The fourth-order valence-corrected chi connectivity index (χ4v) is 4.44. The molecule has 3 aromatic heterocycles. The van der Waals surface area contributed by atoms with E-state index in [0.717, 1.165) is 24.4 Å². The number of hydrogen-bond donors (Lipinski definition) is 0. The molecular formula is C18H19N3S. The van der Waals surface area contributed by atoms with Gasteiger partial charge in [0, 0.05) is 41.8 Å². The molecule has 3 aromatic rings. The van der Waals surface area contributed by atoms with E-state index >= 15 is 0 Å². The second kappa shape index (κ2) is 6.05. The van der Waals surface area contributed by atoms with Gasteiger partial charge in [-0.2, -0.15) is 0 Å². The van der Waals surface area contributed by atoms with Crippen LogP contribution in [0.15, 0.2) is 42.3 Å². The Hall–Kier alpha value is -1.94. The highest BCUT2D eigenvalue weighted by Crippen LogP contribution is 2.30. The lowest BCUT2D eigenvalue weighted by Gasteiger charge is -2.13. The van der Waals surface area contributed by atoms with Gasteiger partial charge in [-0.3, -0.25) is 4.98 Å². The average molecular weight is 309 g/mol. The van der Waals surface area contributed by atoms with Gasteiger partial charge in [0.15, 0.2) is 0 Å². The van der Waals surface area contributed by atoms with Crippen LogP contribution in [-0.2, 0) is 25.8 Å². The maximum Gasteiger partial charge on any atom is 0.141 e. The van der Waals surface area contributed by atoms with Crippen LogP contribution in [0.25, 0.3) is 11.4 Å². The molecule has 0 amide bonds. The van der Waals surface area contributed by atoms with Crippen molar-refractivity contribution in [1.29, 1.82) is 0 Å². The van der Waals surface area contributed by atoms with E-state index in [1.807, 2.05) is 29.8 Å². The van der Waals surface area contributed by atoms with E-state index in [9.17, 15) is 0 Å². The summed E-state index contributed by atoms with van der Waals surface area (Å²) in [6, 6.07) is 4.03. The number of fused-ring (bicyclic) bond motifs is 1. The van der Waals surface area contributed by atoms with Crippen LogP contribution in [0.4, 0.5) is 0 Å². The summed E-state index contributed by atoms with van der Waals surface area (Å²) in [5, 5.41) is 2.37. The zero-order valence-electron chi connectivity index (χ0n) is 12.5. The topological polar surface area (TPSA) is 30.7 Å².